The molecule has 3 aromatic carbocycles. The van der Waals surface area contributed by atoms with Gasteiger partial charge in [-0.15, -0.1) is 0 Å². The predicted octanol–water partition coefficient (Wildman–Crippen LogP) is 3.85. The fourth-order valence-corrected chi connectivity index (χ4v) is 2.56. The van der Waals surface area contributed by atoms with Gasteiger partial charge < -0.3 is 25.2 Å². The molecular weight excluding hydrogens is 308 g/mol. The molecule has 0 spiro atoms. The molecule has 0 saturated heterocycles. The van der Waals surface area contributed by atoms with Crippen molar-refractivity contribution in [1.82, 2.24) is 0 Å². The van der Waals surface area contributed by atoms with E-state index in [1.807, 2.05) is 0 Å². The van der Waals surface area contributed by atoms with Crippen molar-refractivity contribution >= 4 is 0 Å². The lowest BCUT2D eigenvalue weighted by atomic mass is 9.96. The minimum atomic E-state index is -0.317. The first-order valence-electron chi connectivity index (χ1n) is 7.23. The van der Waals surface area contributed by atoms with Gasteiger partial charge >= 0.3 is 0 Å². The highest BCUT2D eigenvalue weighted by atomic mass is 16.5. The van der Waals surface area contributed by atoms with E-state index in [2.05, 4.69) is 0 Å². The number of methoxy groups -OCH3 is 1. The predicted molar refractivity (Wildman–Crippen MR) is 90.5 cm³/mol. The summed E-state index contributed by atoms with van der Waals surface area (Å²) in [6, 6.07) is 14.1. The van der Waals surface area contributed by atoms with Gasteiger partial charge in [0, 0.05) is 5.56 Å². The molecule has 24 heavy (non-hydrogen) atoms. The van der Waals surface area contributed by atoms with Crippen LogP contribution in [0.5, 0.6) is 28.7 Å². The third-order valence-corrected chi connectivity index (χ3v) is 3.79. The molecular formula is C19H16O5. The van der Waals surface area contributed by atoms with Crippen LogP contribution in [0.2, 0.25) is 0 Å². The number of ether oxygens (including phenoxy) is 1. The zero-order valence-electron chi connectivity index (χ0n) is 12.9. The molecule has 4 N–H and O–H groups in total. The first-order chi connectivity index (χ1) is 11.5. The maximum Gasteiger partial charge on any atom is 0.169 e. The van der Waals surface area contributed by atoms with Crippen LogP contribution in [0.15, 0.2) is 54.6 Å². The second-order valence-electron chi connectivity index (χ2n) is 5.29. The van der Waals surface area contributed by atoms with Gasteiger partial charge in [0.2, 0.25) is 0 Å². The highest BCUT2D eigenvalue weighted by molar-refractivity contribution is 5.87. The lowest BCUT2D eigenvalue weighted by Gasteiger charge is -2.16. The zero-order valence-corrected chi connectivity index (χ0v) is 12.9. The first kappa shape index (κ1) is 15.6. The smallest absolute Gasteiger partial charge is 0.169 e. The monoisotopic (exact) mass is 324 g/mol. The highest BCUT2D eigenvalue weighted by Crippen LogP contribution is 2.49. The Bertz CT molecular complexity index is 868. The van der Waals surface area contributed by atoms with Crippen LogP contribution in [0.4, 0.5) is 0 Å². The van der Waals surface area contributed by atoms with Crippen LogP contribution in [-0.2, 0) is 0 Å². The quantitative estimate of drug-likeness (QED) is 0.549. The molecule has 0 unspecified atom stereocenters. The molecule has 0 bridgehead atoms. The van der Waals surface area contributed by atoms with Crippen LogP contribution in [0.3, 0.4) is 0 Å². The fourth-order valence-electron chi connectivity index (χ4n) is 2.56. The van der Waals surface area contributed by atoms with Crippen LogP contribution in [0, 0.1) is 0 Å². The molecule has 5 heteroatoms. The van der Waals surface area contributed by atoms with Crippen LogP contribution in [0.25, 0.3) is 22.3 Å². The van der Waals surface area contributed by atoms with E-state index in [0.29, 0.717) is 28.0 Å². The van der Waals surface area contributed by atoms with Gasteiger partial charge in [0.15, 0.2) is 11.5 Å². The normalized spacial score (nSPS) is 10.5. The summed E-state index contributed by atoms with van der Waals surface area (Å²) in [5.41, 5.74) is 1.93. The lowest BCUT2D eigenvalue weighted by Crippen LogP contribution is -1.91. The molecule has 0 aliphatic heterocycles. The zero-order chi connectivity index (χ0) is 17.3. The number of rotatable bonds is 3. The molecule has 0 fully saturated rings. The Balaban J connectivity index is 2.21. The number of hydrogen-bond acceptors (Lipinski definition) is 5. The summed E-state index contributed by atoms with van der Waals surface area (Å²) in [5.74, 6) is -0.0240. The fraction of sp³-hybridized carbons (Fsp3) is 0.0526. The molecule has 0 radical (unpaired) electrons. The van der Waals surface area contributed by atoms with E-state index in [1.54, 1.807) is 30.3 Å². The summed E-state index contributed by atoms with van der Waals surface area (Å²) in [4.78, 5) is 0. The van der Waals surface area contributed by atoms with Gasteiger partial charge in [-0.1, -0.05) is 24.3 Å². The van der Waals surface area contributed by atoms with Crippen molar-refractivity contribution in [3.63, 3.8) is 0 Å². The van der Waals surface area contributed by atoms with Crippen molar-refractivity contribution in [2.75, 3.05) is 7.11 Å². The molecule has 0 aliphatic rings. The van der Waals surface area contributed by atoms with Crippen molar-refractivity contribution in [3.05, 3.63) is 54.6 Å². The maximum absolute atomic E-state index is 10.5. The summed E-state index contributed by atoms with van der Waals surface area (Å²) in [7, 11) is 1.47. The molecule has 0 amide bonds. The number of aromatic hydroxyl groups is 4. The van der Waals surface area contributed by atoms with Gasteiger partial charge in [-0.05, 0) is 41.5 Å². The van der Waals surface area contributed by atoms with E-state index in [9.17, 15) is 20.4 Å². The number of phenols is 4. The third-order valence-electron chi connectivity index (χ3n) is 3.79. The number of hydrogen-bond donors (Lipinski definition) is 4. The average Bonchev–Trinajstić information content (AvgIpc) is 2.59. The third kappa shape index (κ3) is 2.67. The standard InChI is InChI=1S/C19H16O5/c1-24-16-10-15(11-2-6-13(20)7-3-11)18(22)19(23)17(16)12-4-8-14(21)9-5-12/h2-10,20-23H,1H3. The van der Waals surface area contributed by atoms with Crippen LogP contribution < -0.4 is 4.74 Å². The van der Waals surface area contributed by atoms with Crippen molar-refractivity contribution in [2.24, 2.45) is 0 Å². The first-order valence-corrected chi connectivity index (χ1v) is 7.23. The Labute approximate surface area is 138 Å². The summed E-state index contributed by atoms with van der Waals surface area (Å²) in [5, 5.41) is 39.7. The minimum Gasteiger partial charge on any atom is -0.508 e. The van der Waals surface area contributed by atoms with E-state index < -0.39 is 0 Å². The van der Waals surface area contributed by atoms with E-state index in [4.69, 9.17) is 4.74 Å². The van der Waals surface area contributed by atoms with Gasteiger partial charge in [0.25, 0.3) is 0 Å². The molecule has 122 valence electrons. The van der Waals surface area contributed by atoms with Gasteiger partial charge in [-0.3, -0.25) is 0 Å². The molecule has 0 heterocycles. The summed E-state index contributed by atoms with van der Waals surface area (Å²) in [6.07, 6.45) is 0. The van der Waals surface area contributed by atoms with Crippen LogP contribution in [0.1, 0.15) is 0 Å². The van der Waals surface area contributed by atoms with Gasteiger partial charge in [-0.2, -0.15) is 0 Å². The minimum absolute atomic E-state index is 0.0992. The number of benzene rings is 3. The molecule has 3 aromatic rings. The second kappa shape index (κ2) is 6.04. The van der Waals surface area contributed by atoms with E-state index >= 15 is 0 Å². The van der Waals surface area contributed by atoms with Gasteiger partial charge in [-0.25, -0.2) is 0 Å². The summed E-state index contributed by atoms with van der Waals surface area (Å²) in [6.45, 7) is 0. The lowest BCUT2D eigenvalue weighted by molar-refractivity contribution is 0.390. The second-order valence-corrected chi connectivity index (χ2v) is 5.29. The Morgan fingerprint density at radius 3 is 1.67 bits per heavy atom. The van der Waals surface area contributed by atoms with Crippen molar-refractivity contribution in [1.29, 1.82) is 0 Å². The summed E-state index contributed by atoms with van der Waals surface area (Å²) < 4.78 is 5.37. The Kier molecular flexibility index (Phi) is 3.92. The highest BCUT2D eigenvalue weighted by Gasteiger charge is 2.20. The van der Waals surface area contributed by atoms with Crippen LogP contribution >= 0.6 is 0 Å². The SMILES string of the molecule is COc1cc(-c2ccc(O)cc2)c(O)c(O)c1-c1ccc(O)cc1. The van der Waals surface area contributed by atoms with Crippen molar-refractivity contribution < 1.29 is 25.2 Å². The van der Waals surface area contributed by atoms with Crippen molar-refractivity contribution in [2.45, 2.75) is 0 Å². The molecule has 5 nitrogen and oxygen atoms in total. The molecule has 0 atom stereocenters. The molecule has 3 rings (SSSR count). The topological polar surface area (TPSA) is 90.2 Å². The Hall–Kier alpha value is -3.34. The van der Waals surface area contributed by atoms with E-state index in [0.717, 1.165) is 0 Å². The molecule has 0 saturated carbocycles. The van der Waals surface area contributed by atoms with Gasteiger partial charge in [0.1, 0.15) is 17.2 Å². The van der Waals surface area contributed by atoms with Crippen molar-refractivity contribution in [3.8, 4) is 51.0 Å². The van der Waals surface area contributed by atoms with E-state index in [-0.39, 0.29) is 23.0 Å². The Morgan fingerprint density at radius 2 is 1.17 bits per heavy atom. The average molecular weight is 324 g/mol. The van der Waals surface area contributed by atoms with Gasteiger partial charge in [0.05, 0.1) is 12.7 Å². The number of phenolic OH excluding ortho intramolecular Hbond substituents is 4. The Morgan fingerprint density at radius 1 is 0.667 bits per heavy atom. The largest absolute Gasteiger partial charge is 0.508 e. The maximum atomic E-state index is 10.5. The molecule has 0 aromatic heterocycles. The molecule has 0 aliphatic carbocycles. The van der Waals surface area contributed by atoms with E-state index in [1.165, 1.54) is 31.4 Å². The summed E-state index contributed by atoms with van der Waals surface area (Å²) >= 11 is 0. The van der Waals surface area contributed by atoms with Crippen LogP contribution in [-0.4, -0.2) is 27.5 Å².